The molecule has 190 valence electrons. The largest absolute Gasteiger partial charge is 0.497 e. The maximum Gasteiger partial charge on any atom is 0.254 e. The van der Waals surface area contributed by atoms with Gasteiger partial charge in [-0.2, -0.15) is 0 Å². The molecule has 1 aliphatic heterocycles. The van der Waals surface area contributed by atoms with Crippen LogP contribution in [0.1, 0.15) is 25.3 Å². The van der Waals surface area contributed by atoms with Gasteiger partial charge in [-0.05, 0) is 49.7 Å². The predicted molar refractivity (Wildman–Crippen MR) is 148 cm³/mol. The molecule has 0 unspecified atom stereocenters. The van der Waals surface area contributed by atoms with Crippen LogP contribution >= 0.6 is 12.6 Å². The van der Waals surface area contributed by atoms with Crippen molar-refractivity contribution in [1.29, 1.82) is 0 Å². The smallest absolute Gasteiger partial charge is 0.254 e. The van der Waals surface area contributed by atoms with E-state index in [2.05, 4.69) is 28.6 Å². The molecule has 0 saturated carbocycles. The van der Waals surface area contributed by atoms with Crippen molar-refractivity contribution >= 4 is 35.8 Å². The third-order valence-electron chi connectivity index (χ3n) is 6.15. The first-order valence-corrected chi connectivity index (χ1v) is 12.1. The van der Waals surface area contributed by atoms with Crippen LogP contribution < -0.4 is 25.4 Å². The van der Waals surface area contributed by atoms with E-state index in [0.29, 0.717) is 50.3 Å². The van der Waals surface area contributed by atoms with E-state index in [1.165, 1.54) is 0 Å². The standard InChI is InChI=1S/C29H29N3O4S/c1-17-25(28(33)31-19-9-7-11-21(15-19)35-3)27(23-13-5-6-14-24(23)37)26(18(2)30-17)29(34)32-20-10-8-12-22(16-20)36-4/h5-16,27,30,37H,1-4H3,(H,31,33)(H,32,34). The maximum absolute atomic E-state index is 13.7. The second kappa shape index (κ2) is 11.3. The van der Waals surface area contributed by atoms with E-state index in [0.717, 1.165) is 5.56 Å². The number of nitrogens with one attached hydrogen (secondary N) is 3. The van der Waals surface area contributed by atoms with Gasteiger partial charge < -0.3 is 25.4 Å². The van der Waals surface area contributed by atoms with Crippen LogP contribution in [-0.4, -0.2) is 26.0 Å². The van der Waals surface area contributed by atoms with E-state index in [9.17, 15) is 9.59 Å². The van der Waals surface area contributed by atoms with Crippen LogP contribution in [0.25, 0.3) is 0 Å². The maximum atomic E-state index is 13.7. The molecule has 0 saturated heterocycles. The summed E-state index contributed by atoms with van der Waals surface area (Å²) in [5.74, 6) is -0.0857. The average molecular weight is 516 g/mol. The molecule has 37 heavy (non-hydrogen) atoms. The van der Waals surface area contributed by atoms with Crippen LogP contribution in [-0.2, 0) is 9.59 Å². The number of dihydropyridines is 1. The number of methoxy groups -OCH3 is 2. The van der Waals surface area contributed by atoms with Crippen LogP contribution in [0, 0.1) is 0 Å². The summed E-state index contributed by atoms with van der Waals surface area (Å²) >= 11 is 4.67. The molecule has 2 amide bonds. The highest BCUT2D eigenvalue weighted by atomic mass is 32.1. The Labute approximate surface area is 222 Å². The van der Waals surface area contributed by atoms with Gasteiger partial charge in [0.05, 0.1) is 14.2 Å². The van der Waals surface area contributed by atoms with Crippen LogP contribution in [0.15, 0.2) is 100 Å². The summed E-state index contributed by atoms with van der Waals surface area (Å²) in [5, 5.41) is 9.17. The molecular formula is C29H29N3O4S. The van der Waals surface area contributed by atoms with Gasteiger partial charge in [-0.15, -0.1) is 12.6 Å². The summed E-state index contributed by atoms with van der Waals surface area (Å²) < 4.78 is 10.6. The lowest BCUT2D eigenvalue weighted by atomic mass is 9.79. The number of hydrogen-bond acceptors (Lipinski definition) is 6. The number of carbonyl (C=O) groups excluding carboxylic acids is 2. The molecule has 1 heterocycles. The number of amides is 2. The van der Waals surface area contributed by atoms with E-state index in [-0.39, 0.29) is 11.8 Å². The molecule has 3 N–H and O–H groups in total. The normalized spacial score (nSPS) is 13.6. The Morgan fingerprint density at radius 1 is 0.757 bits per heavy atom. The number of thiol groups is 1. The predicted octanol–water partition coefficient (Wildman–Crippen LogP) is 5.50. The number of hydrogen-bond donors (Lipinski definition) is 4. The topological polar surface area (TPSA) is 88.7 Å². The molecule has 3 aromatic carbocycles. The van der Waals surface area contributed by atoms with Crippen LogP contribution in [0.2, 0.25) is 0 Å². The van der Waals surface area contributed by atoms with Gasteiger partial charge >= 0.3 is 0 Å². The minimum atomic E-state index is -0.661. The summed E-state index contributed by atoms with van der Waals surface area (Å²) in [4.78, 5) is 28.2. The molecule has 0 aromatic heterocycles. The Bertz CT molecular complexity index is 1330. The molecular weight excluding hydrogens is 486 g/mol. The fourth-order valence-electron chi connectivity index (χ4n) is 4.44. The first kappa shape index (κ1) is 25.9. The number of carbonyl (C=O) groups is 2. The quantitative estimate of drug-likeness (QED) is 0.312. The van der Waals surface area contributed by atoms with Crippen molar-refractivity contribution < 1.29 is 19.1 Å². The Balaban J connectivity index is 1.76. The van der Waals surface area contributed by atoms with E-state index >= 15 is 0 Å². The van der Waals surface area contributed by atoms with E-state index in [4.69, 9.17) is 9.47 Å². The van der Waals surface area contributed by atoms with E-state index < -0.39 is 5.92 Å². The number of benzene rings is 3. The second-order valence-corrected chi connectivity index (χ2v) is 9.05. The molecule has 0 bridgehead atoms. The van der Waals surface area contributed by atoms with Crippen LogP contribution in [0.3, 0.4) is 0 Å². The third kappa shape index (κ3) is 5.65. The molecule has 3 aromatic rings. The molecule has 0 aliphatic carbocycles. The number of rotatable bonds is 7. The molecule has 7 nitrogen and oxygen atoms in total. The Morgan fingerprint density at radius 2 is 1.24 bits per heavy atom. The number of anilines is 2. The van der Waals surface area contributed by atoms with Crippen molar-refractivity contribution in [3.63, 3.8) is 0 Å². The van der Waals surface area contributed by atoms with Crippen molar-refractivity contribution in [3.05, 3.63) is 101 Å². The highest BCUT2D eigenvalue weighted by Gasteiger charge is 2.37. The van der Waals surface area contributed by atoms with Crippen LogP contribution in [0.4, 0.5) is 11.4 Å². The van der Waals surface area contributed by atoms with Crippen molar-refractivity contribution in [1.82, 2.24) is 5.32 Å². The lowest BCUT2D eigenvalue weighted by Gasteiger charge is -2.32. The summed E-state index contributed by atoms with van der Waals surface area (Å²) in [5.41, 5.74) is 4.05. The van der Waals surface area contributed by atoms with Crippen molar-refractivity contribution in [3.8, 4) is 11.5 Å². The molecule has 1 aliphatic rings. The van der Waals surface area contributed by atoms with Crippen molar-refractivity contribution in [2.24, 2.45) is 0 Å². The highest BCUT2D eigenvalue weighted by molar-refractivity contribution is 7.80. The van der Waals surface area contributed by atoms with Gasteiger partial charge in [0.15, 0.2) is 0 Å². The SMILES string of the molecule is COc1cccc(NC(=O)C2=C(C)NC(C)=C(C(=O)Nc3cccc(OC)c3)C2c2ccccc2S)c1. The fourth-order valence-corrected chi connectivity index (χ4v) is 4.73. The number of ether oxygens (including phenoxy) is 2. The summed E-state index contributed by atoms with van der Waals surface area (Å²) in [7, 11) is 3.14. The second-order valence-electron chi connectivity index (χ2n) is 8.57. The molecule has 0 spiro atoms. The van der Waals surface area contributed by atoms with Gasteiger partial charge in [-0.25, -0.2) is 0 Å². The van der Waals surface area contributed by atoms with E-state index in [1.807, 2.05) is 38.1 Å². The van der Waals surface area contributed by atoms with Crippen LogP contribution in [0.5, 0.6) is 11.5 Å². The van der Waals surface area contributed by atoms with Crippen molar-refractivity contribution in [2.45, 2.75) is 24.7 Å². The average Bonchev–Trinajstić information content (AvgIpc) is 2.88. The van der Waals surface area contributed by atoms with Gasteiger partial charge in [-0.1, -0.05) is 30.3 Å². The minimum absolute atomic E-state index is 0.334. The van der Waals surface area contributed by atoms with E-state index in [1.54, 1.807) is 62.8 Å². The third-order valence-corrected chi connectivity index (χ3v) is 6.56. The Morgan fingerprint density at radius 3 is 1.70 bits per heavy atom. The molecule has 0 atom stereocenters. The summed E-state index contributed by atoms with van der Waals surface area (Å²) in [6.45, 7) is 3.66. The molecule has 0 fully saturated rings. The van der Waals surface area contributed by atoms with Crippen molar-refractivity contribution in [2.75, 3.05) is 24.9 Å². The zero-order valence-corrected chi connectivity index (χ0v) is 22.0. The number of allylic oxidation sites excluding steroid dienone is 2. The first-order valence-electron chi connectivity index (χ1n) is 11.7. The summed E-state index contributed by atoms with van der Waals surface area (Å²) in [6, 6.07) is 21.7. The molecule has 8 heteroatoms. The lowest BCUT2D eigenvalue weighted by molar-refractivity contribution is -0.113. The lowest BCUT2D eigenvalue weighted by Crippen LogP contribution is -2.35. The van der Waals surface area contributed by atoms with Gasteiger partial charge in [-0.3, -0.25) is 9.59 Å². The fraction of sp³-hybridized carbons (Fsp3) is 0.172. The molecule has 0 radical (unpaired) electrons. The van der Waals surface area contributed by atoms with Gasteiger partial charge in [0.2, 0.25) is 0 Å². The Hall–Kier alpha value is -4.17. The minimum Gasteiger partial charge on any atom is -0.497 e. The Kier molecular flexibility index (Phi) is 7.89. The monoisotopic (exact) mass is 515 g/mol. The highest BCUT2D eigenvalue weighted by Crippen LogP contribution is 2.41. The zero-order valence-electron chi connectivity index (χ0n) is 21.1. The molecule has 4 rings (SSSR count). The van der Waals surface area contributed by atoms with Gasteiger partial charge in [0.1, 0.15) is 11.5 Å². The zero-order chi connectivity index (χ0) is 26.5. The first-order chi connectivity index (χ1) is 17.8. The van der Waals surface area contributed by atoms with Gasteiger partial charge in [0.25, 0.3) is 11.8 Å². The van der Waals surface area contributed by atoms with Gasteiger partial charge in [0, 0.05) is 56.9 Å². The summed E-state index contributed by atoms with van der Waals surface area (Å²) in [6.07, 6.45) is 0.